The van der Waals surface area contributed by atoms with Crippen molar-refractivity contribution < 1.29 is 0 Å². The molecule has 1 aliphatic heterocycles. The standard InChI is InChI=1S/C10H18N4/c1-8(10-11-4-5-14(10)3)12-9-6-13(2)7-9/h4-5,8-9,12H,6-7H2,1-3H3. The molecule has 1 atom stereocenters. The highest BCUT2D eigenvalue weighted by atomic mass is 15.2. The van der Waals surface area contributed by atoms with Crippen LogP contribution in [0.4, 0.5) is 0 Å². The predicted molar refractivity (Wildman–Crippen MR) is 56.0 cm³/mol. The highest BCUT2D eigenvalue weighted by molar-refractivity contribution is 4.99. The summed E-state index contributed by atoms with van der Waals surface area (Å²) in [5.74, 6) is 1.11. The Bertz CT molecular complexity index is 301. The molecule has 2 heterocycles. The average Bonchev–Trinajstić information content (AvgIpc) is 2.48. The van der Waals surface area contributed by atoms with Crippen molar-refractivity contribution in [3.8, 4) is 0 Å². The van der Waals surface area contributed by atoms with Crippen LogP contribution in [-0.4, -0.2) is 40.6 Å². The average molecular weight is 194 g/mol. The maximum Gasteiger partial charge on any atom is 0.125 e. The van der Waals surface area contributed by atoms with Gasteiger partial charge >= 0.3 is 0 Å². The smallest absolute Gasteiger partial charge is 0.125 e. The molecule has 0 aromatic carbocycles. The van der Waals surface area contributed by atoms with Crippen molar-refractivity contribution in [1.29, 1.82) is 0 Å². The number of rotatable bonds is 3. The van der Waals surface area contributed by atoms with Gasteiger partial charge in [0.1, 0.15) is 5.82 Å². The highest BCUT2D eigenvalue weighted by Crippen LogP contribution is 2.13. The van der Waals surface area contributed by atoms with Gasteiger partial charge < -0.3 is 14.8 Å². The van der Waals surface area contributed by atoms with Crippen LogP contribution in [0.15, 0.2) is 12.4 Å². The summed E-state index contributed by atoms with van der Waals surface area (Å²) in [4.78, 5) is 6.64. The number of likely N-dealkylation sites (tertiary alicyclic amines) is 1. The van der Waals surface area contributed by atoms with E-state index in [4.69, 9.17) is 0 Å². The first-order valence-electron chi connectivity index (χ1n) is 5.08. The number of nitrogens with zero attached hydrogens (tertiary/aromatic N) is 3. The van der Waals surface area contributed by atoms with Gasteiger partial charge in [-0.05, 0) is 14.0 Å². The van der Waals surface area contributed by atoms with E-state index < -0.39 is 0 Å². The SMILES string of the molecule is CC(NC1CN(C)C1)c1nccn1C. The molecule has 1 aromatic heterocycles. The number of hydrogen-bond donors (Lipinski definition) is 1. The Morgan fingerprint density at radius 3 is 2.71 bits per heavy atom. The Morgan fingerprint density at radius 1 is 1.50 bits per heavy atom. The topological polar surface area (TPSA) is 33.1 Å². The number of likely N-dealkylation sites (N-methyl/N-ethyl adjacent to an activating group) is 1. The minimum atomic E-state index is 0.341. The zero-order valence-corrected chi connectivity index (χ0v) is 9.07. The van der Waals surface area contributed by atoms with Crippen molar-refractivity contribution in [1.82, 2.24) is 19.8 Å². The van der Waals surface area contributed by atoms with Crippen molar-refractivity contribution in [3.05, 3.63) is 18.2 Å². The monoisotopic (exact) mass is 194 g/mol. The van der Waals surface area contributed by atoms with Crippen LogP contribution in [0.5, 0.6) is 0 Å². The molecule has 0 radical (unpaired) electrons. The molecule has 4 heteroatoms. The lowest BCUT2D eigenvalue weighted by atomic mass is 10.1. The van der Waals surface area contributed by atoms with Gasteiger partial charge in [0, 0.05) is 38.6 Å². The molecule has 0 aliphatic carbocycles. The lowest BCUT2D eigenvalue weighted by molar-refractivity contribution is 0.151. The van der Waals surface area contributed by atoms with Gasteiger partial charge in [-0.25, -0.2) is 4.98 Å². The van der Waals surface area contributed by atoms with Crippen LogP contribution >= 0.6 is 0 Å². The fraction of sp³-hybridized carbons (Fsp3) is 0.700. The van der Waals surface area contributed by atoms with E-state index in [2.05, 4.69) is 33.7 Å². The van der Waals surface area contributed by atoms with Crippen LogP contribution in [0.2, 0.25) is 0 Å². The van der Waals surface area contributed by atoms with E-state index in [1.54, 1.807) is 0 Å². The van der Waals surface area contributed by atoms with E-state index in [1.165, 1.54) is 0 Å². The largest absolute Gasteiger partial charge is 0.337 e. The van der Waals surface area contributed by atoms with Gasteiger partial charge in [0.05, 0.1) is 6.04 Å². The van der Waals surface area contributed by atoms with Gasteiger partial charge in [-0.3, -0.25) is 0 Å². The van der Waals surface area contributed by atoms with Crippen molar-refractivity contribution in [2.75, 3.05) is 20.1 Å². The molecular weight excluding hydrogens is 176 g/mol. The molecule has 14 heavy (non-hydrogen) atoms. The normalized spacial score (nSPS) is 20.8. The Kier molecular flexibility index (Phi) is 2.56. The third kappa shape index (κ3) is 1.81. The van der Waals surface area contributed by atoms with Crippen molar-refractivity contribution in [2.45, 2.75) is 19.0 Å². The Morgan fingerprint density at radius 2 is 2.21 bits per heavy atom. The summed E-state index contributed by atoms with van der Waals surface area (Å²) >= 11 is 0. The molecular formula is C10H18N4. The zero-order valence-electron chi connectivity index (χ0n) is 9.07. The Balaban J connectivity index is 1.90. The maximum atomic E-state index is 4.33. The minimum Gasteiger partial charge on any atom is -0.337 e. The second kappa shape index (κ2) is 3.71. The van der Waals surface area contributed by atoms with E-state index >= 15 is 0 Å². The molecule has 2 rings (SSSR count). The Labute approximate surface area is 84.9 Å². The van der Waals surface area contributed by atoms with E-state index in [9.17, 15) is 0 Å². The molecule has 0 saturated carbocycles. The van der Waals surface area contributed by atoms with Crippen molar-refractivity contribution in [2.24, 2.45) is 7.05 Å². The first-order valence-corrected chi connectivity index (χ1v) is 5.08. The summed E-state index contributed by atoms with van der Waals surface area (Å²) in [6.45, 7) is 4.46. The third-order valence-electron chi connectivity index (χ3n) is 2.80. The summed E-state index contributed by atoms with van der Waals surface area (Å²) in [5, 5.41) is 3.56. The molecule has 1 fully saturated rings. The molecule has 78 valence electrons. The van der Waals surface area contributed by atoms with E-state index in [-0.39, 0.29) is 0 Å². The molecule has 1 aromatic rings. The molecule has 1 unspecified atom stereocenters. The number of nitrogens with one attached hydrogen (secondary N) is 1. The van der Waals surface area contributed by atoms with Gasteiger partial charge in [0.15, 0.2) is 0 Å². The summed E-state index contributed by atoms with van der Waals surface area (Å²) < 4.78 is 2.07. The van der Waals surface area contributed by atoms with Crippen LogP contribution in [0, 0.1) is 0 Å². The molecule has 1 saturated heterocycles. The van der Waals surface area contributed by atoms with Crippen LogP contribution in [-0.2, 0) is 7.05 Å². The first kappa shape index (κ1) is 9.68. The van der Waals surface area contributed by atoms with E-state index in [0.29, 0.717) is 12.1 Å². The molecule has 4 nitrogen and oxygen atoms in total. The quantitative estimate of drug-likeness (QED) is 0.755. The number of hydrogen-bond acceptors (Lipinski definition) is 3. The molecule has 1 aliphatic rings. The van der Waals surface area contributed by atoms with Crippen LogP contribution in [0.1, 0.15) is 18.8 Å². The van der Waals surface area contributed by atoms with Crippen molar-refractivity contribution >= 4 is 0 Å². The number of aryl methyl sites for hydroxylation is 1. The van der Waals surface area contributed by atoms with Crippen LogP contribution < -0.4 is 5.32 Å². The summed E-state index contributed by atoms with van der Waals surface area (Å²) in [6.07, 6.45) is 3.83. The zero-order chi connectivity index (χ0) is 10.1. The lowest BCUT2D eigenvalue weighted by Gasteiger charge is -2.38. The first-order chi connectivity index (χ1) is 6.66. The Hall–Kier alpha value is -0.870. The van der Waals surface area contributed by atoms with Crippen molar-refractivity contribution in [3.63, 3.8) is 0 Å². The maximum absolute atomic E-state index is 4.33. The third-order valence-corrected chi connectivity index (χ3v) is 2.80. The summed E-state index contributed by atoms with van der Waals surface area (Å²) in [5.41, 5.74) is 0. The number of imidazole rings is 1. The second-order valence-corrected chi connectivity index (χ2v) is 4.20. The van der Waals surface area contributed by atoms with Crippen LogP contribution in [0.25, 0.3) is 0 Å². The van der Waals surface area contributed by atoms with Gasteiger partial charge in [-0.15, -0.1) is 0 Å². The molecule has 1 N–H and O–H groups in total. The highest BCUT2D eigenvalue weighted by Gasteiger charge is 2.25. The molecule has 0 amide bonds. The fourth-order valence-corrected chi connectivity index (χ4v) is 2.03. The summed E-state index contributed by atoms with van der Waals surface area (Å²) in [7, 11) is 4.18. The number of aromatic nitrogens is 2. The summed E-state index contributed by atoms with van der Waals surface area (Å²) in [6, 6.07) is 0.973. The van der Waals surface area contributed by atoms with Crippen LogP contribution in [0.3, 0.4) is 0 Å². The lowest BCUT2D eigenvalue weighted by Crippen LogP contribution is -2.56. The van der Waals surface area contributed by atoms with Gasteiger partial charge in [0.25, 0.3) is 0 Å². The second-order valence-electron chi connectivity index (χ2n) is 4.20. The molecule has 0 spiro atoms. The minimum absolute atomic E-state index is 0.341. The van der Waals surface area contributed by atoms with Gasteiger partial charge in [-0.1, -0.05) is 0 Å². The van der Waals surface area contributed by atoms with Gasteiger partial charge in [-0.2, -0.15) is 0 Å². The van der Waals surface area contributed by atoms with E-state index in [1.807, 2.05) is 19.4 Å². The van der Waals surface area contributed by atoms with E-state index in [0.717, 1.165) is 18.9 Å². The predicted octanol–water partition coefficient (Wildman–Crippen LogP) is 0.385. The fourth-order valence-electron chi connectivity index (χ4n) is 2.03. The van der Waals surface area contributed by atoms with Gasteiger partial charge in [0.2, 0.25) is 0 Å². The molecule has 0 bridgehead atoms.